The Bertz CT molecular complexity index is 5500. The number of piperidine rings is 1. The smallest absolute Gasteiger partial charge is 0.246 e. The molecule has 0 unspecified atom stereocenters. The molecule has 13 amide bonds. The van der Waals surface area contributed by atoms with Gasteiger partial charge >= 0.3 is 0 Å². The van der Waals surface area contributed by atoms with Crippen LogP contribution in [0.3, 0.4) is 0 Å². The Balaban J connectivity index is 0.996. The summed E-state index contributed by atoms with van der Waals surface area (Å²) < 4.78 is 45.3. The number of hydrogen-bond acceptors (Lipinski definition) is 20. The maximum absolute atomic E-state index is 16.0. The van der Waals surface area contributed by atoms with E-state index in [4.69, 9.17) is 11.5 Å². The summed E-state index contributed by atoms with van der Waals surface area (Å²) in [5.74, 6) is -21.5. The highest BCUT2D eigenvalue weighted by Crippen LogP contribution is 2.33. The van der Waals surface area contributed by atoms with Gasteiger partial charge in [-0.15, -0.1) is 11.8 Å². The average Bonchev–Trinajstić information content (AvgIpc) is 1.62. The van der Waals surface area contributed by atoms with Crippen molar-refractivity contribution in [1.29, 1.82) is 0 Å². The number of primary amides is 1. The van der Waals surface area contributed by atoms with E-state index in [1.165, 1.54) is 72.2 Å². The number of aromatic nitrogens is 1. The fourth-order valence-electron chi connectivity index (χ4n) is 18.5. The third-order valence-electron chi connectivity index (χ3n) is 26.2. The maximum Gasteiger partial charge on any atom is 0.246 e. The lowest BCUT2D eigenvalue weighted by Gasteiger charge is -2.38. The van der Waals surface area contributed by atoms with E-state index in [9.17, 15) is 34.1 Å². The van der Waals surface area contributed by atoms with Crippen molar-refractivity contribution in [2.75, 3.05) is 52.3 Å². The zero-order chi connectivity index (χ0) is 100. The fourth-order valence-corrected chi connectivity index (χ4v) is 19.4. The first-order valence-electron chi connectivity index (χ1n) is 47.0. The van der Waals surface area contributed by atoms with Crippen LogP contribution in [-0.2, 0) is 110 Å². The number of para-hydroxylation sites is 1. The molecule has 0 saturated carbocycles. The molecule has 15 atom stereocenters. The van der Waals surface area contributed by atoms with Crippen LogP contribution >= 0.6 is 11.8 Å². The highest BCUT2D eigenvalue weighted by molar-refractivity contribution is 8.00. The summed E-state index contributed by atoms with van der Waals surface area (Å²) in [5.41, 5.74) is 14.9. The number of aromatic hydroxyl groups is 2. The molecule has 11 rings (SSSR count). The molecule has 0 radical (unpaired) electrons. The second-order valence-corrected chi connectivity index (χ2v) is 38.3. The van der Waals surface area contributed by atoms with Crippen molar-refractivity contribution in [1.82, 2.24) is 66.3 Å². The van der Waals surface area contributed by atoms with Crippen LogP contribution in [0.1, 0.15) is 145 Å². The monoisotopic (exact) mass is 1930 g/mol. The van der Waals surface area contributed by atoms with Crippen molar-refractivity contribution in [2.24, 2.45) is 29.2 Å². The molecular weight excluding hydrogens is 1800 g/mol. The summed E-state index contributed by atoms with van der Waals surface area (Å²) in [6.07, 6.45) is -2.28. The van der Waals surface area contributed by atoms with Crippen molar-refractivity contribution in [3.63, 3.8) is 0 Å². The van der Waals surface area contributed by atoms with Gasteiger partial charge < -0.3 is 93.1 Å². The number of halogens is 3. The van der Waals surface area contributed by atoms with Crippen LogP contribution in [0.15, 0.2) is 152 Å². The number of rotatable bonds is 22. The predicted octanol–water partition coefficient (Wildman–Crippen LogP) is 5.46. The number of Topliss-reactive ketones (excluding diaryl/α,β-unsaturated/α-hetero) is 2. The van der Waals surface area contributed by atoms with Crippen LogP contribution in [0.2, 0.25) is 0 Å². The Morgan fingerprint density at radius 3 is 1.64 bits per heavy atom. The van der Waals surface area contributed by atoms with Crippen LogP contribution in [0.5, 0.6) is 11.5 Å². The Hall–Kier alpha value is -13.0. The maximum atomic E-state index is 16.0. The third kappa shape index (κ3) is 27.7. The number of fused-ring (bicyclic) bond motifs is 4. The van der Waals surface area contributed by atoms with Crippen LogP contribution in [-0.4, -0.2) is 275 Å². The number of carbonyl (C=O) groups is 15. The number of nitrogens with one attached hydrogen (secondary N) is 7. The number of hydrogen-bond donors (Lipinski definition) is 12. The van der Waals surface area contributed by atoms with Gasteiger partial charge in [0.15, 0.2) is 29.0 Å². The van der Waals surface area contributed by atoms with E-state index in [1.807, 2.05) is 6.92 Å². The fraction of sp³-hybridized carbons (Fsp3) is 0.475. The van der Waals surface area contributed by atoms with E-state index in [0.29, 0.717) is 76.5 Å². The van der Waals surface area contributed by atoms with Crippen molar-refractivity contribution in [3.05, 3.63) is 203 Å². The molecule has 0 aliphatic carbocycles. The molecule has 740 valence electrons. The number of unbranched alkanes of at least 4 members (excludes halogenated alkanes) is 1. The first-order valence-corrected chi connectivity index (χ1v) is 48.1. The summed E-state index contributed by atoms with van der Waals surface area (Å²) >= 11 is 0.727. The second-order valence-electron chi connectivity index (χ2n) is 37.3. The number of ketones is 2. The van der Waals surface area contributed by atoms with Gasteiger partial charge in [-0.3, -0.25) is 71.9 Å². The Morgan fingerprint density at radius 2 is 1.04 bits per heavy atom. The van der Waals surface area contributed by atoms with Gasteiger partial charge in [-0.2, -0.15) is 0 Å². The van der Waals surface area contributed by atoms with Crippen LogP contribution in [0, 0.1) is 35.2 Å². The number of amides is 13. The topological polar surface area (TPSA) is 476 Å². The van der Waals surface area contributed by atoms with Crippen molar-refractivity contribution >= 4 is 111 Å². The molecule has 0 bridgehead atoms. The molecule has 138 heavy (non-hydrogen) atoms. The molecule has 4 fully saturated rings. The number of likely N-dealkylation sites (N-methyl/N-ethyl adjacent to an activating group) is 3. The molecule has 37 heteroatoms. The number of phenols is 2. The van der Waals surface area contributed by atoms with Crippen molar-refractivity contribution in [2.45, 2.75) is 235 Å². The zero-order valence-corrected chi connectivity index (χ0v) is 79.7. The highest BCUT2D eigenvalue weighted by Gasteiger charge is 2.51. The molecule has 4 saturated heterocycles. The van der Waals surface area contributed by atoms with E-state index < -0.39 is 252 Å². The summed E-state index contributed by atoms with van der Waals surface area (Å²) in [6, 6.07) is 17.8. The van der Waals surface area contributed by atoms with E-state index in [1.54, 1.807) is 131 Å². The number of nitrogens with two attached hydrogens (primary N) is 2. The molecular formula is C101H126F3N15O18S. The lowest BCUT2D eigenvalue weighted by Crippen LogP contribution is -2.62. The summed E-state index contributed by atoms with van der Waals surface area (Å²) in [6.45, 7) is 8.01. The minimum atomic E-state index is -1.85. The van der Waals surface area contributed by atoms with Crippen molar-refractivity contribution < 1.29 is 100 Å². The molecule has 0 spiro atoms. The third-order valence-corrected chi connectivity index (χ3v) is 27.2. The molecule has 1 aromatic heterocycles. The summed E-state index contributed by atoms with van der Waals surface area (Å²) in [4.78, 5) is 239. The van der Waals surface area contributed by atoms with Crippen LogP contribution in [0.4, 0.5) is 13.2 Å². The molecule has 4 aliphatic rings. The van der Waals surface area contributed by atoms with Gasteiger partial charge in [0.1, 0.15) is 71.9 Å². The quantitative estimate of drug-likeness (QED) is 0.0375. The average molecular weight is 1930 g/mol. The van der Waals surface area contributed by atoms with Crippen LogP contribution < -0.4 is 43.4 Å². The van der Waals surface area contributed by atoms with Gasteiger partial charge in [-0.1, -0.05) is 151 Å². The van der Waals surface area contributed by atoms with Gasteiger partial charge in [0, 0.05) is 140 Å². The molecule has 4 aliphatic heterocycles. The number of nitrogens with zero attached hydrogens (tertiary/aromatic N) is 6. The van der Waals surface area contributed by atoms with Gasteiger partial charge in [-0.05, 0) is 126 Å². The number of phenolic OH excluding ortho intramolecular Hbond substituents is 2. The van der Waals surface area contributed by atoms with Gasteiger partial charge in [0.05, 0.1) is 23.9 Å². The number of thioether (sulfide) groups is 1. The number of aliphatic hydroxyl groups excluding tert-OH is 1. The number of aliphatic hydroxyl groups is 1. The SMILES string of the molecule is CCCC[C@H]1C(=O)N2C[C@H](O)C[C@@H]2C(=O)N2C[C@H](N)C[C@H]2C(=O)C[C@@H](C(C)C)C(=O)N(C)[C@@H](Cc2ccccc2)C(=O)N[C@@H](Cc2ccc(O)cc2)C(=O)N2CCCC[C@@H]2C(=O)N[C@@H](Cc2c[nH]c3ccccc23)C(=O)N[C@@H](Cc2ccc(O)cc2)C(=O)N[C@@H](CC(C)C)C(=O)N[C@H](C(=O)CCC(N)=O)CSCC(=O)N[C@@H](Cc2cc(F)c(F)c(F)c2)C(=O)N(C)[C@@H](Cc2ccccc2)C(=O)N1C. The molecule has 6 aromatic carbocycles. The lowest BCUT2D eigenvalue weighted by molar-refractivity contribution is -0.154. The van der Waals surface area contributed by atoms with Gasteiger partial charge in [-0.25, -0.2) is 13.2 Å². The second kappa shape index (κ2) is 48.8. The minimum Gasteiger partial charge on any atom is -0.508 e. The Morgan fingerprint density at radius 1 is 0.507 bits per heavy atom. The zero-order valence-electron chi connectivity index (χ0n) is 78.9. The summed E-state index contributed by atoms with van der Waals surface area (Å²) in [7, 11) is 3.93. The van der Waals surface area contributed by atoms with Crippen molar-refractivity contribution in [3.8, 4) is 11.5 Å². The van der Waals surface area contributed by atoms with E-state index in [0.717, 1.165) is 26.5 Å². The first kappa shape index (κ1) is 105. The predicted molar refractivity (Wildman–Crippen MR) is 508 cm³/mol. The van der Waals surface area contributed by atoms with Gasteiger partial charge in [0.2, 0.25) is 76.8 Å². The van der Waals surface area contributed by atoms with E-state index in [-0.39, 0.29) is 94.4 Å². The number of carbonyl (C=O) groups excluding carboxylic acids is 15. The van der Waals surface area contributed by atoms with Gasteiger partial charge in [0.25, 0.3) is 0 Å². The number of aromatic amines is 1. The largest absolute Gasteiger partial charge is 0.508 e. The standard InChI is InChI=1S/C101H126F3N15O18S/c1-9-10-27-81-100(136)119-54-68(122)50-85(119)101(137)118-53-65(105)49-82(118)87(124)51-70(58(4)5)96(132)115(7)83(46-59-21-13-11-14-22-59)95(131)112-78(44-62-31-35-67(121)36-32-62)98(134)117-39-20-19-28-80(117)94(130)111-76(48-64-52-107-73-26-18-17-25-69(64)73)93(129)110-75(43-61-29-33-66(120)34-30-61)92(128)109-74(40-57(2)3)91(127)113-79(86(123)37-38-88(106)125)55-138-56-89(126)108-77(45-63-41-71(102)90(104)72(103)42-63)97(133)116(8)84(99(135)114(81)6)47-60-23-15-12-16-24-60/h11-18,21-26,29-36,41-42,52,57-58,65,68,70,74-85,107,120-122H,9-10,19-20,27-28,37-40,43-51,53-56,105H2,1-8H3,(H2,106,125)(H,108,126)(H,109,128)(H,110,129)(H,111,130)(H,112,131)(H,113,127)/t65-,68-,70+,74+,75+,76+,77+,78+,79+,80-,81+,82+,83+,84+,85-/m1/s1. The number of benzene rings is 6. The van der Waals surface area contributed by atoms with E-state index >= 15 is 66.3 Å². The lowest BCUT2D eigenvalue weighted by atomic mass is 9.86. The molecule has 14 N–H and O–H groups in total. The summed E-state index contributed by atoms with van der Waals surface area (Å²) in [5, 5.41) is 50.0. The minimum absolute atomic E-state index is 0.0330. The first-order chi connectivity index (χ1) is 65.7. The number of H-pyrrole nitrogens is 1. The molecule has 7 aromatic rings. The Kier molecular flexibility index (Phi) is 37.3. The normalized spacial score (nSPS) is 24.9. The molecule has 33 nitrogen and oxygen atoms in total. The van der Waals surface area contributed by atoms with Crippen LogP contribution in [0.25, 0.3) is 10.9 Å². The van der Waals surface area contributed by atoms with E-state index in [2.05, 4.69) is 36.9 Å². The highest BCUT2D eigenvalue weighted by atomic mass is 32.2. The molecule has 5 heterocycles. The Labute approximate surface area is 804 Å².